The van der Waals surface area contributed by atoms with Crippen molar-refractivity contribution in [3.05, 3.63) is 54.3 Å². The SMILES string of the molecule is Fc1cccc2[nH+]c3ccccc3cc12. The van der Waals surface area contributed by atoms with Gasteiger partial charge in [-0.15, -0.1) is 0 Å². The molecule has 0 aliphatic heterocycles. The van der Waals surface area contributed by atoms with E-state index in [0.29, 0.717) is 5.39 Å². The number of aromatic nitrogens is 1. The first-order valence-corrected chi connectivity index (χ1v) is 4.84. The predicted octanol–water partition coefficient (Wildman–Crippen LogP) is 2.95. The second-order valence-electron chi connectivity index (χ2n) is 3.56. The van der Waals surface area contributed by atoms with Crippen molar-refractivity contribution in [2.75, 3.05) is 0 Å². The Bertz CT molecular complexity index is 646. The number of nitrogens with one attached hydrogen (secondary N) is 1. The topological polar surface area (TPSA) is 14.1 Å². The maximum absolute atomic E-state index is 13.5. The number of para-hydroxylation sites is 1. The van der Waals surface area contributed by atoms with Gasteiger partial charge in [-0.25, -0.2) is 9.37 Å². The molecular formula is C13H9FN+. The lowest BCUT2D eigenvalue weighted by molar-refractivity contribution is -0.310. The van der Waals surface area contributed by atoms with Gasteiger partial charge >= 0.3 is 0 Å². The van der Waals surface area contributed by atoms with Crippen LogP contribution in [0.1, 0.15) is 0 Å². The molecule has 1 N–H and O–H groups in total. The van der Waals surface area contributed by atoms with Crippen LogP contribution in [0.15, 0.2) is 48.5 Å². The number of aromatic amines is 1. The standard InChI is InChI=1S/C13H8FN/c14-11-5-3-7-13-10(11)8-9-4-1-2-6-12(9)15-13/h1-8H/p+1. The molecule has 3 rings (SSSR count). The molecule has 15 heavy (non-hydrogen) atoms. The Morgan fingerprint density at radius 3 is 2.60 bits per heavy atom. The van der Waals surface area contributed by atoms with Crippen LogP contribution in [-0.4, -0.2) is 0 Å². The Balaban J connectivity index is 2.53. The van der Waals surface area contributed by atoms with E-state index >= 15 is 0 Å². The first-order valence-electron chi connectivity index (χ1n) is 4.84. The van der Waals surface area contributed by atoms with E-state index in [-0.39, 0.29) is 5.82 Å². The summed E-state index contributed by atoms with van der Waals surface area (Å²) in [6.45, 7) is 0. The van der Waals surface area contributed by atoms with E-state index in [1.54, 1.807) is 6.07 Å². The van der Waals surface area contributed by atoms with Crippen LogP contribution in [0.5, 0.6) is 0 Å². The zero-order valence-corrected chi connectivity index (χ0v) is 8.00. The summed E-state index contributed by atoms with van der Waals surface area (Å²) in [5.74, 6) is -0.186. The number of fused-ring (bicyclic) bond motifs is 2. The van der Waals surface area contributed by atoms with Crippen LogP contribution in [-0.2, 0) is 0 Å². The molecule has 2 aromatic carbocycles. The van der Waals surface area contributed by atoms with Gasteiger partial charge in [0.2, 0.25) is 11.0 Å². The molecule has 0 fully saturated rings. The van der Waals surface area contributed by atoms with E-state index in [2.05, 4.69) is 4.98 Å². The number of rotatable bonds is 0. The van der Waals surface area contributed by atoms with Crippen LogP contribution in [0.25, 0.3) is 21.8 Å². The van der Waals surface area contributed by atoms with E-state index in [4.69, 9.17) is 0 Å². The lowest BCUT2D eigenvalue weighted by Gasteiger charge is -1.96. The van der Waals surface area contributed by atoms with Gasteiger partial charge in [0.25, 0.3) is 0 Å². The Morgan fingerprint density at radius 1 is 0.867 bits per heavy atom. The summed E-state index contributed by atoms with van der Waals surface area (Å²) in [7, 11) is 0. The summed E-state index contributed by atoms with van der Waals surface area (Å²) >= 11 is 0. The second kappa shape index (κ2) is 3.02. The molecule has 0 radical (unpaired) electrons. The zero-order chi connectivity index (χ0) is 10.3. The second-order valence-corrected chi connectivity index (χ2v) is 3.56. The van der Waals surface area contributed by atoms with Gasteiger partial charge in [-0.2, -0.15) is 0 Å². The number of pyridine rings is 1. The molecule has 0 bridgehead atoms. The Morgan fingerprint density at radius 2 is 1.67 bits per heavy atom. The summed E-state index contributed by atoms with van der Waals surface area (Å²) in [6, 6.07) is 14.8. The van der Waals surface area contributed by atoms with Gasteiger partial charge in [-0.05, 0) is 18.2 Å². The molecule has 2 heteroatoms. The molecule has 0 spiro atoms. The summed E-state index contributed by atoms with van der Waals surface area (Å²) < 4.78 is 13.5. The molecule has 72 valence electrons. The quantitative estimate of drug-likeness (QED) is 0.493. The van der Waals surface area contributed by atoms with Crippen LogP contribution in [0.2, 0.25) is 0 Å². The number of hydrogen-bond acceptors (Lipinski definition) is 0. The fourth-order valence-electron chi connectivity index (χ4n) is 1.83. The summed E-state index contributed by atoms with van der Waals surface area (Å²) in [5.41, 5.74) is 1.85. The first kappa shape index (κ1) is 8.36. The molecule has 1 heterocycles. The molecule has 0 amide bonds. The fraction of sp³-hybridized carbons (Fsp3) is 0. The van der Waals surface area contributed by atoms with Crippen LogP contribution in [0.3, 0.4) is 0 Å². The third kappa shape index (κ3) is 1.26. The van der Waals surface area contributed by atoms with Crippen molar-refractivity contribution in [3.63, 3.8) is 0 Å². The van der Waals surface area contributed by atoms with Gasteiger partial charge in [0.15, 0.2) is 0 Å². The zero-order valence-electron chi connectivity index (χ0n) is 8.00. The maximum Gasteiger partial charge on any atom is 0.214 e. The van der Waals surface area contributed by atoms with E-state index in [1.165, 1.54) is 6.07 Å². The Kier molecular flexibility index (Phi) is 1.68. The molecule has 0 saturated heterocycles. The Hall–Kier alpha value is -1.96. The van der Waals surface area contributed by atoms with Crippen LogP contribution in [0.4, 0.5) is 4.39 Å². The highest BCUT2D eigenvalue weighted by Gasteiger charge is 2.08. The number of benzene rings is 2. The van der Waals surface area contributed by atoms with Crippen LogP contribution >= 0.6 is 0 Å². The smallest absolute Gasteiger partial charge is 0.206 e. The van der Waals surface area contributed by atoms with Crippen molar-refractivity contribution < 1.29 is 9.37 Å². The average molecular weight is 198 g/mol. The van der Waals surface area contributed by atoms with Gasteiger partial charge in [-0.1, -0.05) is 18.2 Å². The summed E-state index contributed by atoms with van der Waals surface area (Å²) in [4.78, 5) is 3.21. The maximum atomic E-state index is 13.5. The van der Waals surface area contributed by atoms with Gasteiger partial charge in [0, 0.05) is 17.5 Å². The number of hydrogen-bond donors (Lipinski definition) is 0. The fourth-order valence-corrected chi connectivity index (χ4v) is 1.83. The summed E-state index contributed by atoms with van der Waals surface area (Å²) in [6.07, 6.45) is 0. The van der Waals surface area contributed by atoms with Crippen molar-refractivity contribution in [1.82, 2.24) is 0 Å². The lowest BCUT2D eigenvalue weighted by Crippen LogP contribution is -2.05. The molecule has 1 nitrogen and oxygen atoms in total. The minimum absolute atomic E-state index is 0.186. The number of H-pyrrole nitrogens is 1. The van der Waals surface area contributed by atoms with Crippen molar-refractivity contribution in [2.45, 2.75) is 0 Å². The van der Waals surface area contributed by atoms with Crippen molar-refractivity contribution in [2.24, 2.45) is 0 Å². The molecule has 0 aliphatic rings. The summed E-state index contributed by atoms with van der Waals surface area (Å²) in [5, 5.41) is 1.66. The highest BCUT2D eigenvalue weighted by molar-refractivity contribution is 5.88. The highest BCUT2D eigenvalue weighted by atomic mass is 19.1. The monoisotopic (exact) mass is 198 g/mol. The number of halogens is 1. The van der Waals surface area contributed by atoms with Crippen molar-refractivity contribution >= 4 is 21.8 Å². The third-order valence-electron chi connectivity index (χ3n) is 2.58. The van der Waals surface area contributed by atoms with E-state index in [9.17, 15) is 4.39 Å². The molecule has 0 aliphatic carbocycles. The first-order chi connectivity index (χ1) is 7.34. The highest BCUT2D eigenvalue weighted by Crippen LogP contribution is 2.18. The largest absolute Gasteiger partial charge is 0.214 e. The molecule has 3 aromatic rings. The van der Waals surface area contributed by atoms with Gasteiger partial charge in [-0.3, -0.25) is 0 Å². The normalized spacial score (nSPS) is 11.0. The molecule has 1 aromatic heterocycles. The van der Waals surface area contributed by atoms with Gasteiger partial charge < -0.3 is 0 Å². The van der Waals surface area contributed by atoms with E-state index < -0.39 is 0 Å². The molecule has 0 unspecified atom stereocenters. The van der Waals surface area contributed by atoms with E-state index in [0.717, 1.165) is 16.4 Å². The molecular weight excluding hydrogens is 189 g/mol. The van der Waals surface area contributed by atoms with E-state index in [1.807, 2.05) is 36.4 Å². The van der Waals surface area contributed by atoms with Gasteiger partial charge in [0.05, 0.1) is 5.39 Å². The minimum atomic E-state index is -0.186. The lowest BCUT2D eigenvalue weighted by atomic mass is 10.1. The minimum Gasteiger partial charge on any atom is -0.206 e. The van der Waals surface area contributed by atoms with Gasteiger partial charge in [0.1, 0.15) is 5.82 Å². The molecule has 0 saturated carbocycles. The molecule has 0 atom stereocenters. The predicted molar refractivity (Wildman–Crippen MR) is 58.0 cm³/mol. The Labute approximate surface area is 86.2 Å². The third-order valence-corrected chi connectivity index (χ3v) is 2.58. The van der Waals surface area contributed by atoms with Crippen molar-refractivity contribution in [1.29, 1.82) is 0 Å². The van der Waals surface area contributed by atoms with Crippen LogP contribution in [0, 0.1) is 5.82 Å². The van der Waals surface area contributed by atoms with Crippen molar-refractivity contribution in [3.8, 4) is 0 Å². The average Bonchev–Trinajstić information content (AvgIpc) is 2.27. The van der Waals surface area contributed by atoms with Crippen LogP contribution < -0.4 is 4.98 Å².